The third-order valence-corrected chi connectivity index (χ3v) is 3.64. The Hall–Kier alpha value is -2.38. The molecule has 4 N–H and O–H groups in total. The smallest absolute Gasteiger partial charge is 0.323 e. The first-order chi connectivity index (χ1) is 10.1. The molecule has 0 aliphatic carbocycles. The van der Waals surface area contributed by atoms with E-state index < -0.39 is 6.03 Å². The van der Waals surface area contributed by atoms with Gasteiger partial charge in [0.1, 0.15) is 11.0 Å². The molecular weight excluding hydrogens is 310 g/mol. The van der Waals surface area contributed by atoms with Crippen molar-refractivity contribution in [3.05, 3.63) is 41.4 Å². The molecule has 0 spiro atoms. The van der Waals surface area contributed by atoms with Crippen molar-refractivity contribution in [2.75, 3.05) is 16.4 Å². The Balaban J connectivity index is 1.81. The molecule has 1 heterocycles. The Bertz CT molecular complexity index is 802. The molecule has 0 atom stereocenters. The molecule has 0 unspecified atom stereocenters. The van der Waals surface area contributed by atoms with Crippen LogP contribution in [0.2, 0.25) is 5.02 Å². The molecule has 106 valence electrons. The first-order valence-electron chi connectivity index (χ1n) is 5.98. The highest BCUT2D eigenvalue weighted by Crippen LogP contribution is 2.30. The van der Waals surface area contributed by atoms with E-state index in [2.05, 4.69) is 19.4 Å². The molecule has 0 fully saturated rings. The predicted molar refractivity (Wildman–Crippen MR) is 85.9 cm³/mol. The zero-order chi connectivity index (χ0) is 14.8. The largest absolute Gasteiger partial charge is 0.399 e. The van der Waals surface area contributed by atoms with Crippen LogP contribution in [0.15, 0.2) is 36.4 Å². The highest BCUT2D eigenvalue weighted by Gasteiger charge is 2.12. The van der Waals surface area contributed by atoms with Crippen molar-refractivity contribution >= 4 is 57.5 Å². The van der Waals surface area contributed by atoms with Crippen molar-refractivity contribution in [2.24, 2.45) is 0 Å². The van der Waals surface area contributed by atoms with Gasteiger partial charge in [0, 0.05) is 11.4 Å². The zero-order valence-corrected chi connectivity index (χ0v) is 12.2. The van der Waals surface area contributed by atoms with Gasteiger partial charge in [0.25, 0.3) is 0 Å². The van der Waals surface area contributed by atoms with Crippen molar-refractivity contribution in [2.45, 2.75) is 0 Å². The molecule has 0 bridgehead atoms. The quantitative estimate of drug-likeness (QED) is 0.629. The lowest BCUT2D eigenvalue weighted by molar-refractivity contribution is 0.262. The van der Waals surface area contributed by atoms with Gasteiger partial charge in [-0.2, -0.15) is 8.75 Å². The van der Waals surface area contributed by atoms with E-state index in [1.54, 1.807) is 36.4 Å². The molecule has 2 aromatic carbocycles. The van der Waals surface area contributed by atoms with E-state index in [0.717, 1.165) is 11.7 Å². The van der Waals surface area contributed by atoms with Crippen molar-refractivity contribution in [1.29, 1.82) is 0 Å². The van der Waals surface area contributed by atoms with Crippen LogP contribution in [-0.2, 0) is 0 Å². The molecule has 3 rings (SSSR count). The van der Waals surface area contributed by atoms with Crippen molar-refractivity contribution < 1.29 is 4.79 Å². The average Bonchev–Trinajstić information content (AvgIpc) is 2.93. The van der Waals surface area contributed by atoms with E-state index in [4.69, 9.17) is 17.3 Å². The standard InChI is InChI=1S/C13H10ClN5OS/c14-9-5-6-10-12(19-21-18-10)11(9)17-13(20)16-8-3-1-7(15)2-4-8/h1-6H,15H2,(H2,16,17,20). The number of carbonyl (C=O) groups excluding carboxylic acids is 1. The summed E-state index contributed by atoms with van der Waals surface area (Å²) in [7, 11) is 0. The van der Waals surface area contributed by atoms with Gasteiger partial charge in [-0.3, -0.25) is 0 Å². The fraction of sp³-hybridized carbons (Fsp3) is 0. The molecule has 0 saturated heterocycles. The number of carbonyl (C=O) groups is 1. The van der Waals surface area contributed by atoms with Crippen molar-refractivity contribution in [3.8, 4) is 0 Å². The summed E-state index contributed by atoms with van der Waals surface area (Å²) in [5.74, 6) is 0. The minimum Gasteiger partial charge on any atom is -0.399 e. The molecule has 0 aliphatic rings. The second-order valence-electron chi connectivity index (χ2n) is 4.26. The number of nitrogens with two attached hydrogens (primary N) is 1. The Labute approximate surface area is 129 Å². The number of nitrogens with zero attached hydrogens (tertiary/aromatic N) is 2. The third-order valence-electron chi connectivity index (χ3n) is 2.78. The lowest BCUT2D eigenvalue weighted by Crippen LogP contribution is -2.19. The fourth-order valence-corrected chi connectivity index (χ4v) is 2.53. The summed E-state index contributed by atoms with van der Waals surface area (Å²) in [6.45, 7) is 0. The molecule has 6 nitrogen and oxygen atoms in total. The second-order valence-corrected chi connectivity index (χ2v) is 5.19. The monoisotopic (exact) mass is 319 g/mol. The highest BCUT2D eigenvalue weighted by atomic mass is 35.5. The minimum absolute atomic E-state index is 0.405. The Morgan fingerprint density at radius 1 is 1.10 bits per heavy atom. The van der Waals surface area contributed by atoms with Crippen LogP contribution in [0, 0.1) is 0 Å². The SMILES string of the molecule is Nc1ccc(NC(=O)Nc2c(Cl)ccc3nsnc23)cc1. The summed E-state index contributed by atoms with van der Waals surface area (Å²) in [6.07, 6.45) is 0. The predicted octanol–water partition coefficient (Wildman–Crippen LogP) is 3.57. The van der Waals surface area contributed by atoms with Crippen molar-refractivity contribution in [3.63, 3.8) is 0 Å². The van der Waals surface area contributed by atoms with E-state index in [1.165, 1.54) is 0 Å². The Kier molecular flexibility index (Phi) is 3.59. The maximum atomic E-state index is 12.0. The number of halogens is 1. The average molecular weight is 320 g/mol. The maximum absolute atomic E-state index is 12.0. The number of benzene rings is 2. The number of anilines is 3. The van der Waals surface area contributed by atoms with Gasteiger partial charge in [-0.15, -0.1) is 0 Å². The van der Waals surface area contributed by atoms with Gasteiger partial charge in [-0.1, -0.05) is 11.6 Å². The number of amides is 2. The molecule has 0 aliphatic heterocycles. The van der Waals surface area contributed by atoms with Gasteiger partial charge >= 0.3 is 6.03 Å². The molecule has 21 heavy (non-hydrogen) atoms. The van der Waals surface area contributed by atoms with E-state index in [0.29, 0.717) is 33.1 Å². The van der Waals surface area contributed by atoms with Gasteiger partial charge in [0.15, 0.2) is 0 Å². The van der Waals surface area contributed by atoms with Gasteiger partial charge in [-0.25, -0.2) is 4.79 Å². The number of hydrogen-bond acceptors (Lipinski definition) is 5. The van der Waals surface area contributed by atoms with Crippen LogP contribution in [0.25, 0.3) is 11.0 Å². The van der Waals surface area contributed by atoms with Crippen LogP contribution in [0.1, 0.15) is 0 Å². The number of nitrogens with one attached hydrogen (secondary N) is 2. The summed E-state index contributed by atoms with van der Waals surface area (Å²) >= 11 is 7.17. The van der Waals surface area contributed by atoms with Gasteiger partial charge in [0.05, 0.1) is 22.4 Å². The summed E-state index contributed by atoms with van der Waals surface area (Å²) < 4.78 is 8.25. The maximum Gasteiger partial charge on any atom is 0.323 e. The number of aromatic nitrogens is 2. The summed E-state index contributed by atoms with van der Waals surface area (Å²) in [5.41, 5.74) is 8.54. The topological polar surface area (TPSA) is 92.9 Å². The van der Waals surface area contributed by atoms with E-state index in [9.17, 15) is 4.79 Å². The number of hydrogen-bond donors (Lipinski definition) is 3. The lowest BCUT2D eigenvalue weighted by atomic mass is 10.2. The van der Waals surface area contributed by atoms with E-state index in [1.807, 2.05) is 0 Å². The van der Waals surface area contributed by atoms with Crippen LogP contribution in [-0.4, -0.2) is 14.8 Å². The highest BCUT2D eigenvalue weighted by molar-refractivity contribution is 7.00. The number of nitrogen functional groups attached to an aromatic ring is 1. The normalized spacial score (nSPS) is 10.5. The third kappa shape index (κ3) is 2.88. The van der Waals surface area contributed by atoms with Crippen LogP contribution in [0.5, 0.6) is 0 Å². The van der Waals surface area contributed by atoms with Gasteiger partial charge < -0.3 is 16.4 Å². The molecule has 3 aromatic rings. The van der Waals surface area contributed by atoms with Gasteiger partial charge in [-0.05, 0) is 36.4 Å². The lowest BCUT2D eigenvalue weighted by Gasteiger charge is -2.09. The first kappa shape index (κ1) is 13.6. The van der Waals surface area contributed by atoms with Crippen LogP contribution in [0.3, 0.4) is 0 Å². The Morgan fingerprint density at radius 2 is 1.86 bits per heavy atom. The van der Waals surface area contributed by atoms with Crippen molar-refractivity contribution in [1.82, 2.24) is 8.75 Å². The van der Waals surface area contributed by atoms with Crippen LogP contribution in [0.4, 0.5) is 21.9 Å². The molecule has 0 saturated carbocycles. The van der Waals surface area contributed by atoms with E-state index in [-0.39, 0.29) is 0 Å². The fourth-order valence-electron chi connectivity index (χ4n) is 1.79. The molecule has 0 radical (unpaired) electrons. The van der Waals surface area contributed by atoms with Crippen LogP contribution < -0.4 is 16.4 Å². The minimum atomic E-state index is -0.415. The molecule has 8 heteroatoms. The first-order valence-corrected chi connectivity index (χ1v) is 7.08. The zero-order valence-electron chi connectivity index (χ0n) is 10.6. The molecular formula is C13H10ClN5OS. The number of rotatable bonds is 2. The second kappa shape index (κ2) is 5.55. The summed E-state index contributed by atoms with van der Waals surface area (Å²) in [6, 6.07) is 9.83. The molecule has 2 amide bonds. The van der Waals surface area contributed by atoms with Gasteiger partial charge in [0.2, 0.25) is 0 Å². The number of fused-ring (bicyclic) bond motifs is 1. The Morgan fingerprint density at radius 3 is 2.62 bits per heavy atom. The summed E-state index contributed by atoms with van der Waals surface area (Å²) in [5, 5.41) is 5.79. The van der Waals surface area contributed by atoms with E-state index >= 15 is 0 Å². The number of urea groups is 1. The molecule has 1 aromatic heterocycles. The van der Waals surface area contributed by atoms with Crippen LogP contribution >= 0.6 is 23.3 Å². The summed E-state index contributed by atoms with van der Waals surface area (Å²) in [4.78, 5) is 12.0.